The molecule has 224 valence electrons. The molecule has 0 aliphatic rings. The van der Waals surface area contributed by atoms with Gasteiger partial charge in [0.15, 0.2) is 23.1 Å². The summed E-state index contributed by atoms with van der Waals surface area (Å²) in [6.45, 7) is 0. The molecule has 10 aromatic rings. The van der Waals surface area contributed by atoms with Crippen LogP contribution >= 0.6 is 0 Å². The van der Waals surface area contributed by atoms with E-state index in [4.69, 9.17) is 28.8 Å². The van der Waals surface area contributed by atoms with Crippen molar-refractivity contribution in [1.29, 1.82) is 0 Å². The summed E-state index contributed by atoms with van der Waals surface area (Å²) >= 11 is 0. The van der Waals surface area contributed by atoms with Crippen molar-refractivity contribution in [3.8, 4) is 45.3 Å². The van der Waals surface area contributed by atoms with Crippen LogP contribution in [0.1, 0.15) is 0 Å². The van der Waals surface area contributed by atoms with E-state index >= 15 is 0 Å². The first kappa shape index (κ1) is 26.5. The van der Waals surface area contributed by atoms with Gasteiger partial charge >= 0.3 is 0 Å². The monoisotopic (exact) mass is 616 g/mol. The quantitative estimate of drug-likeness (QED) is 0.196. The van der Waals surface area contributed by atoms with Crippen LogP contribution in [0.5, 0.6) is 0 Å². The Balaban J connectivity index is 1.31. The number of hydrogen-bond acceptors (Lipinski definition) is 6. The minimum Gasteiger partial charge on any atom is -0.455 e. The molecular formula is C42H24N4O2. The maximum atomic E-state index is 6.62. The van der Waals surface area contributed by atoms with Crippen LogP contribution < -0.4 is 0 Å². The molecular weight excluding hydrogens is 592 g/mol. The van der Waals surface area contributed by atoms with E-state index in [-0.39, 0.29) is 0 Å². The van der Waals surface area contributed by atoms with Gasteiger partial charge in [0.1, 0.15) is 22.3 Å². The molecule has 0 aliphatic carbocycles. The van der Waals surface area contributed by atoms with Gasteiger partial charge < -0.3 is 8.83 Å². The van der Waals surface area contributed by atoms with Crippen LogP contribution in [0.4, 0.5) is 0 Å². The molecule has 6 aromatic carbocycles. The lowest BCUT2D eigenvalue weighted by Gasteiger charge is -2.11. The highest BCUT2D eigenvalue weighted by Crippen LogP contribution is 2.42. The minimum atomic E-state index is 0.531. The number of benzene rings is 6. The Kier molecular flexibility index (Phi) is 5.77. The third-order valence-electron chi connectivity index (χ3n) is 8.90. The van der Waals surface area contributed by atoms with E-state index in [1.54, 1.807) is 0 Å². The van der Waals surface area contributed by atoms with Crippen molar-refractivity contribution in [3.63, 3.8) is 0 Å². The van der Waals surface area contributed by atoms with Crippen molar-refractivity contribution >= 4 is 54.9 Å². The summed E-state index contributed by atoms with van der Waals surface area (Å²) in [4.78, 5) is 20.3. The third kappa shape index (κ3) is 4.20. The molecule has 0 aliphatic heterocycles. The lowest BCUT2D eigenvalue weighted by Crippen LogP contribution is -2.00. The van der Waals surface area contributed by atoms with E-state index in [2.05, 4.69) is 42.5 Å². The molecule has 4 heterocycles. The van der Waals surface area contributed by atoms with Gasteiger partial charge in [-0.3, -0.25) is 0 Å². The summed E-state index contributed by atoms with van der Waals surface area (Å²) in [5.41, 5.74) is 9.18. The largest absolute Gasteiger partial charge is 0.455 e. The van der Waals surface area contributed by atoms with Gasteiger partial charge in [-0.2, -0.15) is 0 Å². The smallest absolute Gasteiger partial charge is 0.164 e. The Morgan fingerprint density at radius 3 is 1.85 bits per heavy atom. The summed E-state index contributed by atoms with van der Waals surface area (Å²) < 4.78 is 13.1. The van der Waals surface area contributed by atoms with Crippen molar-refractivity contribution in [3.05, 3.63) is 146 Å². The van der Waals surface area contributed by atoms with Crippen LogP contribution in [0.25, 0.3) is 100 Å². The second-order valence-corrected chi connectivity index (χ2v) is 11.8. The number of rotatable bonds is 4. The minimum absolute atomic E-state index is 0.531. The number of para-hydroxylation sites is 3. The molecule has 0 radical (unpaired) electrons. The van der Waals surface area contributed by atoms with Crippen molar-refractivity contribution < 1.29 is 8.83 Å². The summed E-state index contributed by atoms with van der Waals surface area (Å²) in [5.74, 6) is 1.70. The van der Waals surface area contributed by atoms with Crippen molar-refractivity contribution in [2.45, 2.75) is 0 Å². The lowest BCUT2D eigenvalue weighted by atomic mass is 9.97. The summed E-state index contributed by atoms with van der Waals surface area (Å²) in [6.07, 6.45) is 0. The Bertz CT molecular complexity index is 2780. The summed E-state index contributed by atoms with van der Waals surface area (Å²) in [6, 6.07) is 48.7. The summed E-state index contributed by atoms with van der Waals surface area (Å²) in [5, 5.41) is 3.99. The van der Waals surface area contributed by atoms with E-state index < -0.39 is 0 Å². The average Bonchev–Trinajstić information content (AvgIpc) is 3.72. The molecule has 0 spiro atoms. The molecule has 0 bridgehead atoms. The molecule has 0 N–H and O–H groups in total. The zero-order chi connectivity index (χ0) is 31.6. The Labute approximate surface area is 274 Å². The van der Waals surface area contributed by atoms with Crippen LogP contribution in [0.2, 0.25) is 0 Å². The fraction of sp³-hybridized carbons (Fsp3) is 0. The van der Waals surface area contributed by atoms with E-state index in [0.29, 0.717) is 28.6 Å². The zero-order valence-corrected chi connectivity index (χ0v) is 25.5. The molecule has 0 fully saturated rings. The molecule has 4 aromatic heterocycles. The molecule has 6 heteroatoms. The fourth-order valence-corrected chi connectivity index (χ4v) is 6.65. The predicted octanol–water partition coefficient (Wildman–Crippen LogP) is 10.9. The van der Waals surface area contributed by atoms with Gasteiger partial charge in [-0.25, -0.2) is 19.9 Å². The first-order valence-corrected chi connectivity index (χ1v) is 15.8. The molecule has 48 heavy (non-hydrogen) atoms. The number of nitrogens with zero attached hydrogens (tertiary/aromatic N) is 4. The molecule has 0 atom stereocenters. The van der Waals surface area contributed by atoms with Gasteiger partial charge in [0.05, 0.1) is 10.9 Å². The molecule has 0 unspecified atom stereocenters. The second-order valence-electron chi connectivity index (χ2n) is 11.8. The predicted molar refractivity (Wildman–Crippen MR) is 191 cm³/mol. The molecule has 6 nitrogen and oxygen atoms in total. The molecule has 0 saturated heterocycles. The van der Waals surface area contributed by atoms with Crippen molar-refractivity contribution in [1.82, 2.24) is 19.9 Å². The standard InChI is InChI=1S/C42H24N4O2/c1-3-12-25(13-4-1)40-44-41(26-14-5-2-6-15-26)46-42(45-40)32-22-28(29-18-11-19-31-30-17-8-10-21-34(30)48-39(29)31)24-35-37(32)38-36(47-35)23-27-16-7-9-20-33(27)43-38/h1-24H. The average molecular weight is 617 g/mol. The summed E-state index contributed by atoms with van der Waals surface area (Å²) in [7, 11) is 0. The zero-order valence-electron chi connectivity index (χ0n) is 25.5. The van der Waals surface area contributed by atoms with Crippen molar-refractivity contribution in [2.24, 2.45) is 0 Å². The number of fused-ring (bicyclic) bond motifs is 7. The number of pyridine rings is 1. The van der Waals surface area contributed by atoms with E-state index in [0.717, 1.165) is 71.6 Å². The van der Waals surface area contributed by atoms with Gasteiger partial charge in [0.25, 0.3) is 0 Å². The second kappa shape index (κ2) is 10.4. The number of furan rings is 2. The van der Waals surface area contributed by atoms with Gasteiger partial charge in [-0.05, 0) is 35.9 Å². The van der Waals surface area contributed by atoms with Crippen LogP contribution in [0.3, 0.4) is 0 Å². The Morgan fingerprint density at radius 1 is 0.396 bits per heavy atom. The van der Waals surface area contributed by atoms with Gasteiger partial charge in [0.2, 0.25) is 0 Å². The highest BCUT2D eigenvalue weighted by Gasteiger charge is 2.22. The molecule has 0 amide bonds. The van der Waals surface area contributed by atoms with Crippen LogP contribution in [0, 0.1) is 0 Å². The van der Waals surface area contributed by atoms with Gasteiger partial charge in [-0.15, -0.1) is 0 Å². The lowest BCUT2D eigenvalue weighted by molar-refractivity contribution is 0.668. The highest BCUT2D eigenvalue weighted by atomic mass is 16.3. The SMILES string of the molecule is c1ccc(-c2nc(-c3ccccc3)nc(-c3cc(-c4cccc5c4oc4ccccc45)cc4oc5cc6ccccc6nc5c34)n2)cc1. The van der Waals surface area contributed by atoms with E-state index in [9.17, 15) is 0 Å². The molecule has 10 rings (SSSR count). The maximum Gasteiger partial charge on any atom is 0.164 e. The number of hydrogen-bond donors (Lipinski definition) is 0. The topological polar surface area (TPSA) is 77.8 Å². The van der Waals surface area contributed by atoms with E-state index in [1.165, 1.54) is 0 Å². The van der Waals surface area contributed by atoms with Crippen LogP contribution in [-0.4, -0.2) is 19.9 Å². The highest BCUT2D eigenvalue weighted by molar-refractivity contribution is 6.15. The first-order chi connectivity index (χ1) is 23.8. The maximum absolute atomic E-state index is 6.62. The molecule has 0 saturated carbocycles. The normalized spacial score (nSPS) is 11.8. The Hall–Kier alpha value is -6.66. The van der Waals surface area contributed by atoms with Crippen LogP contribution in [0.15, 0.2) is 154 Å². The van der Waals surface area contributed by atoms with E-state index in [1.807, 2.05) is 103 Å². The van der Waals surface area contributed by atoms with Crippen LogP contribution in [-0.2, 0) is 0 Å². The van der Waals surface area contributed by atoms with Gasteiger partial charge in [0, 0.05) is 38.4 Å². The van der Waals surface area contributed by atoms with Crippen molar-refractivity contribution in [2.75, 3.05) is 0 Å². The Morgan fingerprint density at radius 2 is 1.06 bits per heavy atom. The van der Waals surface area contributed by atoms with Gasteiger partial charge in [-0.1, -0.05) is 115 Å². The number of aromatic nitrogens is 4. The third-order valence-corrected chi connectivity index (χ3v) is 8.90. The first-order valence-electron chi connectivity index (χ1n) is 15.8. The fourth-order valence-electron chi connectivity index (χ4n) is 6.65.